The Morgan fingerprint density at radius 3 is 2.39 bits per heavy atom. The lowest BCUT2D eigenvalue weighted by molar-refractivity contribution is -0.711. The van der Waals surface area contributed by atoms with E-state index in [1.54, 1.807) is 43.8 Å². The predicted molar refractivity (Wildman–Crippen MR) is 145 cm³/mol. The molecular formula is C27H33ClN2O5S. The summed E-state index contributed by atoms with van der Waals surface area (Å²) in [5.74, 6) is -0.571. The van der Waals surface area contributed by atoms with E-state index in [9.17, 15) is 20.0 Å². The zero-order chi connectivity index (χ0) is 27.0. The normalized spacial score (nSPS) is 12.4. The molecule has 0 spiro atoms. The van der Waals surface area contributed by atoms with Crippen LogP contribution in [0.3, 0.4) is 0 Å². The molecule has 3 aromatic rings. The molecule has 1 aromatic heterocycles. The minimum atomic E-state index is -1.000. The average molecular weight is 533 g/mol. The molecule has 36 heavy (non-hydrogen) atoms. The smallest absolute Gasteiger partial charge is 0.309 e. The largest absolute Gasteiger partial charge is 0.481 e. The summed E-state index contributed by atoms with van der Waals surface area (Å²) in [5, 5.41) is 21.2. The van der Waals surface area contributed by atoms with Crippen molar-refractivity contribution in [1.29, 1.82) is 0 Å². The van der Waals surface area contributed by atoms with E-state index in [-0.39, 0.29) is 15.5 Å². The summed E-state index contributed by atoms with van der Waals surface area (Å²) in [4.78, 5) is 28.8. The van der Waals surface area contributed by atoms with Crippen molar-refractivity contribution in [2.24, 2.45) is 5.41 Å². The van der Waals surface area contributed by atoms with Gasteiger partial charge < -0.3 is 9.67 Å². The molecule has 0 aliphatic heterocycles. The van der Waals surface area contributed by atoms with Crippen molar-refractivity contribution in [1.82, 2.24) is 4.57 Å². The Balaban J connectivity index is 2.29. The standard InChI is InChI=1S/C27H33ClN2O5S/c1-16(2)18-9-11-21-19(13-18)24(36-26(3,4)5)22(14-27(6,7)25(31)32)29(21)15-17-8-10-20(28)23(12-17)35-30(33)34/h8-13,16H,14-15H2,1-7H3,(H,31,32). The Labute approximate surface area is 220 Å². The van der Waals surface area contributed by atoms with Gasteiger partial charge >= 0.3 is 5.97 Å². The van der Waals surface area contributed by atoms with Gasteiger partial charge in [-0.15, -0.1) is 21.9 Å². The van der Waals surface area contributed by atoms with Crippen LogP contribution in [0, 0.1) is 15.5 Å². The second kappa shape index (κ2) is 10.3. The van der Waals surface area contributed by atoms with Crippen LogP contribution in [0.2, 0.25) is 5.02 Å². The average Bonchev–Trinajstić information content (AvgIpc) is 3.00. The third kappa shape index (κ3) is 6.34. The van der Waals surface area contributed by atoms with Gasteiger partial charge in [0.25, 0.3) is 5.09 Å². The lowest BCUT2D eigenvalue weighted by Crippen LogP contribution is -2.28. The fourth-order valence-electron chi connectivity index (χ4n) is 4.00. The minimum absolute atomic E-state index is 0.0329. The number of fused-ring (bicyclic) bond motifs is 1. The van der Waals surface area contributed by atoms with Crippen LogP contribution < -0.4 is 4.84 Å². The molecule has 3 rings (SSSR count). The number of aromatic nitrogens is 1. The molecule has 0 saturated heterocycles. The Hall–Kier alpha value is -2.71. The maximum Gasteiger partial charge on any atom is 0.309 e. The SMILES string of the molecule is CC(C)c1ccc2c(c1)c(SC(C)(C)C)c(CC(C)(C)C(=O)O)n2Cc1ccc(Cl)c(O[N+](=O)[O-])c1. The van der Waals surface area contributed by atoms with E-state index >= 15 is 0 Å². The molecule has 9 heteroatoms. The van der Waals surface area contributed by atoms with Crippen molar-refractivity contribution in [3.63, 3.8) is 0 Å². The molecule has 0 aliphatic rings. The molecule has 2 aromatic carbocycles. The number of rotatable bonds is 9. The van der Waals surface area contributed by atoms with E-state index in [0.29, 0.717) is 18.9 Å². The van der Waals surface area contributed by atoms with Gasteiger partial charge in [0.1, 0.15) is 5.75 Å². The van der Waals surface area contributed by atoms with Gasteiger partial charge in [-0.3, -0.25) is 9.63 Å². The minimum Gasteiger partial charge on any atom is -0.481 e. The lowest BCUT2D eigenvalue weighted by atomic mass is 9.88. The van der Waals surface area contributed by atoms with Gasteiger partial charge in [-0.25, -0.2) is 0 Å². The van der Waals surface area contributed by atoms with Crippen molar-refractivity contribution in [2.45, 2.75) is 77.0 Å². The van der Waals surface area contributed by atoms with Gasteiger partial charge in [0.2, 0.25) is 0 Å². The Kier molecular flexibility index (Phi) is 8.01. The van der Waals surface area contributed by atoms with Gasteiger partial charge in [-0.2, -0.15) is 0 Å². The summed E-state index contributed by atoms with van der Waals surface area (Å²) in [5.41, 5.74) is 2.86. The first kappa shape index (κ1) is 27.9. The van der Waals surface area contributed by atoms with E-state index in [4.69, 9.17) is 11.6 Å². The number of carbonyl (C=O) groups is 1. The molecule has 0 radical (unpaired) electrons. The molecule has 0 bridgehead atoms. The van der Waals surface area contributed by atoms with Crippen LogP contribution in [-0.4, -0.2) is 25.5 Å². The van der Waals surface area contributed by atoms with Crippen molar-refractivity contribution >= 4 is 40.2 Å². The van der Waals surface area contributed by atoms with Gasteiger partial charge in [-0.1, -0.05) is 58.4 Å². The number of carboxylic acids is 1. The molecular weight excluding hydrogens is 500 g/mol. The zero-order valence-corrected chi connectivity index (χ0v) is 23.3. The molecule has 0 saturated carbocycles. The van der Waals surface area contributed by atoms with Gasteiger partial charge in [-0.05, 0) is 55.2 Å². The maximum absolute atomic E-state index is 12.1. The number of thioether (sulfide) groups is 1. The summed E-state index contributed by atoms with van der Waals surface area (Å²) in [6.07, 6.45) is 0.318. The van der Waals surface area contributed by atoms with Crippen molar-refractivity contribution in [2.75, 3.05) is 0 Å². The highest BCUT2D eigenvalue weighted by molar-refractivity contribution is 8.00. The van der Waals surface area contributed by atoms with E-state index in [1.165, 1.54) is 5.56 Å². The first-order valence-corrected chi connectivity index (χ1v) is 13.0. The second-order valence-electron chi connectivity index (χ2n) is 11.0. The monoisotopic (exact) mass is 532 g/mol. The van der Waals surface area contributed by atoms with Gasteiger partial charge in [0.05, 0.1) is 10.4 Å². The third-order valence-corrected chi connectivity index (χ3v) is 7.50. The van der Waals surface area contributed by atoms with Gasteiger partial charge in [0.15, 0.2) is 0 Å². The molecule has 7 nitrogen and oxygen atoms in total. The van der Waals surface area contributed by atoms with Crippen LogP contribution in [0.25, 0.3) is 10.9 Å². The van der Waals surface area contributed by atoms with Crippen LogP contribution in [0.4, 0.5) is 0 Å². The van der Waals surface area contributed by atoms with E-state index in [0.717, 1.165) is 27.1 Å². The highest BCUT2D eigenvalue weighted by atomic mass is 35.5. The predicted octanol–water partition coefficient (Wildman–Crippen LogP) is 7.58. The van der Waals surface area contributed by atoms with E-state index in [1.807, 2.05) is 0 Å². The first-order valence-electron chi connectivity index (χ1n) is 11.8. The van der Waals surface area contributed by atoms with Crippen LogP contribution in [0.5, 0.6) is 5.75 Å². The number of halogens is 1. The Bertz CT molecular complexity index is 1310. The molecule has 0 atom stereocenters. The lowest BCUT2D eigenvalue weighted by Gasteiger charge is -2.24. The molecule has 1 N–H and O–H groups in total. The molecule has 194 valence electrons. The molecule has 0 aliphatic carbocycles. The molecule has 1 heterocycles. The van der Waals surface area contributed by atoms with Crippen molar-refractivity contribution in [3.05, 3.63) is 68.4 Å². The fraction of sp³-hybridized carbons (Fsp3) is 0.444. The van der Waals surface area contributed by atoms with Crippen LogP contribution in [-0.2, 0) is 17.8 Å². The molecule has 0 unspecified atom stereocenters. The summed E-state index contributed by atoms with van der Waals surface area (Å²) in [6, 6.07) is 11.3. The zero-order valence-electron chi connectivity index (χ0n) is 21.7. The fourth-order valence-corrected chi connectivity index (χ4v) is 5.34. The number of hydrogen-bond acceptors (Lipinski definition) is 5. The van der Waals surface area contributed by atoms with Crippen LogP contribution in [0.15, 0.2) is 41.3 Å². The third-order valence-electron chi connectivity index (χ3n) is 5.92. The summed E-state index contributed by atoms with van der Waals surface area (Å²) in [6.45, 7) is 14.5. The number of nitrogens with zero attached hydrogens (tertiary/aromatic N) is 2. The van der Waals surface area contributed by atoms with Crippen molar-refractivity contribution in [3.8, 4) is 5.75 Å². The molecule has 0 fully saturated rings. The van der Waals surface area contributed by atoms with Crippen LogP contribution >= 0.6 is 23.4 Å². The highest BCUT2D eigenvalue weighted by Gasteiger charge is 2.33. The Morgan fingerprint density at radius 2 is 1.83 bits per heavy atom. The van der Waals surface area contributed by atoms with E-state index < -0.39 is 16.5 Å². The topological polar surface area (TPSA) is 94.6 Å². The van der Waals surface area contributed by atoms with E-state index in [2.05, 4.69) is 62.2 Å². The second-order valence-corrected chi connectivity index (χ2v) is 13.2. The summed E-state index contributed by atoms with van der Waals surface area (Å²) >= 11 is 7.84. The maximum atomic E-state index is 12.1. The van der Waals surface area contributed by atoms with Crippen LogP contribution in [0.1, 0.15) is 71.2 Å². The number of carboxylic acid groups (broad SMARTS) is 1. The summed E-state index contributed by atoms with van der Waals surface area (Å²) in [7, 11) is 0. The summed E-state index contributed by atoms with van der Waals surface area (Å²) < 4.78 is 2.01. The number of hydrogen-bond donors (Lipinski definition) is 1. The molecule has 0 amide bonds. The first-order chi connectivity index (χ1) is 16.6. The number of benzene rings is 2. The Morgan fingerprint density at radius 1 is 1.17 bits per heavy atom. The van der Waals surface area contributed by atoms with Crippen molar-refractivity contribution < 1.29 is 19.8 Å². The number of aliphatic carboxylic acids is 1. The quantitative estimate of drug-likeness (QED) is 0.173. The van der Waals surface area contributed by atoms with Gasteiger partial charge in [0, 0.05) is 39.2 Å². The highest BCUT2D eigenvalue weighted by Crippen LogP contribution is 2.44.